The van der Waals surface area contributed by atoms with Crippen molar-refractivity contribution in [2.45, 2.75) is 36.1 Å². The Labute approximate surface area is 299 Å². The quantitative estimate of drug-likeness (QED) is 0.157. The number of imidazole rings is 1. The predicted molar refractivity (Wildman–Crippen MR) is 191 cm³/mol. The van der Waals surface area contributed by atoms with Crippen molar-refractivity contribution >= 4 is 22.9 Å². The molecule has 4 aromatic carbocycles. The van der Waals surface area contributed by atoms with E-state index in [0.717, 1.165) is 28.2 Å². The molecular weight excluding hydrogens is 662 g/mol. The van der Waals surface area contributed by atoms with E-state index in [4.69, 9.17) is 23.7 Å². The molecule has 6 aromatic rings. The molecule has 0 saturated carbocycles. The number of rotatable bonds is 12. The van der Waals surface area contributed by atoms with Crippen LogP contribution in [0.25, 0.3) is 11.2 Å². The zero-order valence-corrected chi connectivity index (χ0v) is 28.6. The highest BCUT2D eigenvalue weighted by molar-refractivity contribution is 6.06. The number of fused-ring (bicyclic) bond motifs is 3. The molecule has 52 heavy (non-hydrogen) atoms. The van der Waals surface area contributed by atoms with E-state index in [9.17, 15) is 9.90 Å². The topological polar surface area (TPSA) is 139 Å². The van der Waals surface area contributed by atoms with Gasteiger partial charge in [0.25, 0.3) is 5.91 Å². The third-order valence-corrected chi connectivity index (χ3v) is 9.92. The lowest BCUT2D eigenvalue weighted by Crippen LogP contribution is -2.43. The van der Waals surface area contributed by atoms with Crippen LogP contribution in [0.15, 0.2) is 122 Å². The van der Waals surface area contributed by atoms with Gasteiger partial charge in [-0.1, -0.05) is 72.8 Å². The molecule has 4 atom stereocenters. The third kappa shape index (κ3) is 5.75. The Balaban J connectivity index is 1.08. The number of nitrogens with zero attached hydrogens (tertiary/aromatic N) is 4. The number of benzene rings is 4. The van der Waals surface area contributed by atoms with Crippen LogP contribution < -0.4 is 14.8 Å². The van der Waals surface area contributed by atoms with E-state index in [1.807, 2.05) is 84.9 Å². The average molecular weight is 700 g/mol. The second-order valence-electron chi connectivity index (χ2n) is 12.8. The molecule has 0 unspecified atom stereocenters. The fourth-order valence-electron chi connectivity index (χ4n) is 7.21. The number of hydrogen-bond acceptors (Lipinski definition) is 10. The summed E-state index contributed by atoms with van der Waals surface area (Å²) in [5, 5.41) is 14.5. The number of nitrogens with one attached hydrogen (secondary N) is 1. The Hall–Kier alpha value is -5.66. The third-order valence-electron chi connectivity index (χ3n) is 9.92. The molecule has 4 heterocycles. The molecule has 8 rings (SSSR count). The van der Waals surface area contributed by atoms with Gasteiger partial charge in [-0.2, -0.15) is 0 Å². The van der Waals surface area contributed by atoms with Crippen LogP contribution in [0.5, 0.6) is 11.5 Å². The van der Waals surface area contributed by atoms with E-state index in [1.54, 1.807) is 49.4 Å². The Kier molecular flexibility index (Phi) is 8.89. The Bertz CT molecular complexity index is 2120. The van der Waals surface area contributed by atoms with Crippen molar-refractivity contribution in [1.82, 2.24) is 19.5 Å². The van der Waals surface area contributed by atoms with Crippen LogP contribution in [0.1, 0.15) is 39.7 Å². The number of aromatic nitrogens is 4. The molecule has 2 saturated heterocycles. The van der Waals surface area contributed by atoms with Gasteiger partial charge < -0.3 is 34.1 Å². The Morgan fingerprint density at radius 1 is 0.865 bits per heavy atom. The zero-order chi connectivity index (χ0) is 35.7. The van der Waals surface area contributed by atoms with E-state index < -0.39 is 29.6 Å². The number of hydrogen-bond donors (Lipinski definition) is 2. The number of aliphatic hydroxyl groups is 1. The van der Waals surface area contributed by atoms with Crippen molar-refractivity contribution in [3.8, 4) is 11.5 Å². The van der Waals surface area contributed by atoms with Crippen molar-refractivity contribution in [2.24, 2.45) is 0 Å². The molecule has 0 radical (unpaired) electrons. The molecule has 2 bridgehead atoms. The van der Waals surface area contributed by atoms with E-state index >= 15 is 0 Å². The molecule has 264 valence electrons. The molecular formula is C40H37N5O7. The maximum absolute atomic E-state index is 12.9. The van der Waals surface area contributed by atoms with Gasteiger partial charge in [-0.05, 0) is 53.1 Å². The summed E-state index contributed by atoms with van der Waals surface area (Å²) in [5.41, 5.74) is 1.93. The predicted octanol–water partition coefficient (Wildman–Crippen LogP) is 5.52. The van der Waals surface area contributed by atoms with Crippen LogP contribution in [0.3, 0.4) is 0 Å². The van der Waals surface area contributed by atoms with Crippen molar-refractivity contribution in [3.05, 3.63) is 144 Å². The first-order valence-corrected chi connectivity index (χ1v) is 17.0. The van der Waals surface area contributed by atoms with Crippen molar-refractivity contribution in [1.29, 1.82) is 0 Å². The number of amides is 1. The number of methoxy groups -OCH3 is 2. The fourth-order valence-corrected chi connectivity index (χ4v) is 7.21. The van der Waals surface area contributed by atoms with Gasteiger partial charge in [0.2, 0.25) is 0 Å². The average Bonchev–Trinajstić information content (AvgIpc) is 3.86. The molecule has 12 nitrogen and oxygen atoms in total. The van der Waals surface area contributed by atoms with Crippen molar-refractivity contribution in [2.75, 3.05) is 32.8 Å². The van der Waals surface area contributed by atoms with E-state index in [1.165, 1.54) is 6.33 Å². The van der Waals surface area contributed by atoms with Crippen LogP contribution in [-0.2, 0) is 19.8 Å². The first-order valence-electron chi connectivity index (χ1n) is 17.0. The molecule has 2 aliphatic heterocycles. The normalized spacial score (nSPS) is 20.9. The van der Waals surface area contributed by atoms with Crippen molar-refractivity contribution in [3.63, 3.8) is 0 Å². The molecule has 0 aliphatic carbocycles. The van der Waals surface area contributed by atoms with Crippen LogP contribution in [0, 0.1) is 0 Å². The minimum absolute atomic E-state index is 0.183. The molecule has 2 fully saturated rings. The van der Waals surface area contributed by atoms with Gasteiger partial charge in [-0.3, -0.25) is 9.36 Å². The van der Waals surface area contributed by atoms with Crippen LogP contribution in [0.4, 0.5) is 5.82 Å². The number of aliphatic hydroxyl groups excluding tert-OH is 1. The Morgan fingerprint density at radius 3 is 2.12 bits per heavy atom. The summed E-state index contributed by atoms with van der Waals surface area (Å²) in [4.78, 5) is 26.2. The summed E-state index contributed by atoms with van der Waals surface area (Å²) in [5.74, 6) is 1.40. The fraction of sp³-hybridized carbons (Fsp3) is 0.250. The minimum Gasteiger partial charge on any atom is -0.497 e. The lowest BCUT2D eigenvalue weighted by molar-refractivity contribution is -0.181. The molecule has 0 spiro atoms. The largest absolute Gasteiger partial charge is 0.497 e. The second kappa shape index (κ2) is 13.8. The molecule has 2 N–H and O–H groups in total. The summed E-state index contributed by atoms with van der Waals surface area (Å²) in [6.07, 6.45) is 0.876. The highest BCUT2D eigenvalue weighted by Crippen LogP contribution is 2.49. The maximum atomic E-state index is 12.9. The SMILES string of the molecule is COc1ccc(C(OCC[C@@]23CO[C@@H]([C@H](n4cnc5c(NC(=O)c6ccccc6)ncnc54)O2)[C@@H]3O)(c2ccccc2)c2ccc(OC)cc2)cc1. The monoisotopic (exact) mass is 699 g/mol. The summed E-state index contributed by atoms with van der Waals surface area (Å²) >= 11 is 0. The second-order valence-corrected chi connectivity index (χ2v) is 12.8. The van der Waals surface area contributed by atoms with E-state index in [-0.39, 0.29) is 24.9 Å². The van der Waals surface area contributed by atoms with Gasteiger partial charge in [0.05, 0.1) is 33.8 Å². The lowest BCUT2D eigenvalue weighted by atomic mass is 9.80. The Morgan fingerprint density at radius 2 is 1.48 bits per heavy atom. The minimum atomic E-state index is -1.06. The van der Waals surface area contributed by atoms with Gasteiger partial charge in [0.15, 0.2) is 23.2 Å². The van der Waals surface area contributed by atoms with Gasteiger partial charge in [0, 0.05) is 12.0 Å². The van der Waals surface area contributed by atoms with E-state index in [2.05, 4.69) is 20.3 Å². The molecule has 1 amide bonds. The van der Waals surface area contributed by atoms with E-state index in [0.29, 0.717) is 23.1 Å². The van der Waals surface area contributed by atoms with Gasteiger partial charge in [0.1, 0.15) is 41.2 Å². The van der Waals surface area contributed by atoms with Gasteiger partial charge >= 0.3 is 0 Å². The highest BCUT2D eigenvalue weighted by atomic mass is 16.6. The van der Waals surface area contributed by atoms with Crippen LogP contribution >= 0.6 is 0 Å². The van der Waals surface area contributed by atoms with Crippen LogP contribution in [-0.4, -0.2) is 75.8 Å². The van der Waals surface area contributed by atoms with Crippen molar-refractivity contribution < 1.29 is 33.6 Å². The first-order chi connectivity index (χ1) is 25.5. The number of anilines is 1. The van der Waals surface area contributed by atoms with Gasteiger partial charge in [-0.25, -0.2) is 15.0 Å². The number of ether oxygens (including phenoxy) is 5. The number of carbonyl (C=O) groups excluding carboxylic acids is 1. The summed E-state index contributed by atoms with van der Waals surface area (Å²) < 4.78 is 32.6. The molecule has 2 aromatic heterocycles. The maximum Gasteiger partial charge on any atom is 0.256 e. The zero-order valence-electron chi connectivity index (χ0n) is 28.6. The smallest absolute Gasteiger partial charge is 0.256 e. The number of carbonyl (C=O) groups is 1. The molecule has 12 heteroatoms. The summed E-state index contributed by atoms with van der Waals surface area (Å²) in [6.45, 7) is 0.386. The lowest BCUT2D eigenvalue weighted by Gasteiger charge is -2.38. The first kappa shape index (κ1) is 33.5. The highest BCUT2D eigenvalue weighted by Gasteiger charge is 2.61. The summed E-state index contributed by atoms with van der Waals surface area (Å²) in [6, 6.07) is 34.6. The summed E-state index contributed by atoms with van der Waals surface area (Å²) in [7, 11) is 3.27. The van der Waals surface area contributed by atoms with Gasteiger partial charge in [-0.15, -0.1) is 0 Å². The molecule has 2 aliphatic rings. The standard InChI is InChI=1S/C40H37N5O7/c1-48-30-17-13-28(14-18-30)40(27-11-7-4-8-12-27,29-15-19-31(49-2)20-16-29)51-22-21-39-23-50-33(34(39)46)38(52-39)45-25-43-32-35(41-24-42-36(32)45)44-37(47)26-9-5-3-6-10-26/h3-20,24-25,33-34,38,46H,21-23H2,1-2H3,(H,41,42,44,47)/t33-,34+,38-,39+/m1/s1. The van der Waals surface area contributed by atoms with Crippen LogP contribution in [0.2, 0.25) is 0 Å².